The van der Waals surface area contributed by atoms with E-state index < -0.39 is 17.5 Å². The molecule has 5 nitrogen and oxygen atoms in total. The zero-order valence-electron chi connectivity index (χ0n) is 17.2. The summed E-state index contributed by atoms with van der Waals surface area (Å²) in [6, 6.07) is 5.93. The van der Waals surface area contributed by atoms with Gasteiger partial charge in [0.05, 0.1) is 11.2 Å². The van der Waals surface area contributed by atoms with Gasteiger partial charge in [-0.05, 0) is 63.4 Å². The third-order valence-corrected chi connectivity index (χ3v) is 4.92. The standard InChI is InChI=1S/C22H23ClF2N4O/c1-12-7-17(24)19(29-21(30)26-6-5-22(3,4)25)9-15(12)16-8-14-11-27-20(23)10-18(14)28-13(16)2/h7-11H,5-6H2,1-4H3,(H2,26,29,30). The first kappa shape index (κ1) is 21.9. The summed E-state index contributed by atoms with van der Waals surface area (Å²) >= 11 is 5.94. The van der Waals surface area contributed by atoms with E-state index in [1.54, 1.807) is 25.3 Å². The Balaban J connectivity index is 1.90. The minimum Gasteiger partial charge on any atom is -0.338 e. The minimum absolute atomic E-state index is 0.0290. The molecule has 0 aliphatic heterocycles. The number of alkyl halides is 1. The number of anilines is 1. The molecule has 0 fully saturated rings. The third-order valence-electron chi connectivity index (χ3n) is 4.71. The first-order chi connectivity index (χ1) is 14.0. The molecule has 2 amide bonds. The maximum absolute atomic E-state index is 14.5. The molecule has 8 heteroatoms. The number of halogens is 3. The summed E-state index contributed by atoms with van der Waals surface area (Å²) in [4.78, 5) is 20.8. The third kappa shape index (κ3) is 5.21. The number of hydrogen-bond donors (Lipinski definition) is 2. The number of rotatable bonds is 5. The highest BCUT2D eigenvalue weighted by Gasteiger charge is 2.17. The molecule has 2 heterocycles. The summed E-state index contributed by atoms with van der Waals surface area (Å²) in [7, 11) is 0. The van der Waals surface area contributed by atoms with Gasteiger partial charge >= 0.3 is 6.03 Å². The second-order valence-electron chi connectivity index (χ2n) is 7.82. The van der Waals surface area contributed by atoms with Crippen LogP contribution in [-0.2, 0) is 0 Å². The van der Waals surface area contributed by atoms with E-state index in [0.29, 0.717) is 16.2 Å². The number of urea groups is 1. The van der Waals surface area contributed by atoms with Crippen molar-refractivity contribution in [2.24, 2.45) is 0 Å². The Kier molecular flexibility index (Phi) is 6.22. The van der Waals surface area contributed by atoms with Gasteiger partial charge in [-0.2, -0.15) is 0 Å². The zero-order chi connectivity index (χ0) is 22.1. The van der Waals surface area contributed by atoms with Crippen molar-refractivity contribution in [2.45, 2.75) is 39.8 Å². The van der Waals surface area contributed by atoms with Crippen LogP contribution in [0.4, 0.5) is 19.3 Å². The number of pyridine rings is 2. The van der Waals surface area contributed by atoms with Gasteiger partial charge in [-0.15, -0.1) is 0 Å². The summed E-state index contributed by atoms with van der Waals surface area (Å²) in [5.74, 6) is -0.558. The molecule has 30 heavy (non-hydrogen) atoms. The summed E-state index contributed by atoms with van der Waals surface area (Å²) in [6.45, 7) is 6.64. The predicted molar refractivity (Wildman–Crippen MR) is 116 cm³/mol. The Morgan fingerprint density at radius 3 is 2.60 bits per heavy atom. The van der Waals surface area contributed by atoms with Crippen molar-refractivity contribution in [3.63, 3.8) is 0 Å². The van der Waals surface area contributed by atoms with E-state index in [9.17, 15) is 13.6 Å². The molecule has 0 radical (unpaired) electrons. The maximum Gasteiger partial charge on any atom is 0.319 e. The van der Waals surface area contributed by atoms with E-state index in [4.69, 9.17) is 11.6 Å². The summed E-state index contributed by atoms with van der Waals surface area (Å²) < 4.78 is 28.0. The molecule has 1 aromatic carbocycles. The summed E-state index contributed by atoms with van der Waals surface area (Å²) in [5.41, 5.74) is 2.31. The largest absolute Gasteiger partial charge is 0.338 e. The number of benzene rings is 1. The second-order valence-corrected chi connectivity index (χ2v) is 8.20. The molecule has 3 aromatic rings. The van der Waals surface area contributed by atoms with E-state index in [2.05, 4.69) is 20.6 Å². The lowest BCUT2D eigenvalue weighted by Crippen LogP contribution is -2.32. The van der Waals surface area contributed by atoms with Gasteiger partial charge in [0.25, 0.3) is 0 Å². The van der Waals surface area contributed by atoms with Crippen LogP contribution in [0, 0.1) is 19.7 Å². The van der Waals surface area contributed by atoms with Crippen molar-refractivity contribution in [3.05, 3.63) is 52.7 Å². The van der Waals surface area contributed by atoms with Crippen LogP contribution in [0.5, 0.6) is 0 Å². The fraction of sp³-hybridized carbons (Fsp3) is 0.318. The number of nitrogens with zero attached hydrogens (tertiary/aromatic N) is 2. The molecule has 0 saturated carbocycles. The minimum atomic E-state index is -1.39. The zero-order valence-corrected chi connectivity index (χ0v) is 18.0. The Hall–Kier alpha value is -2.80. The summed E-state index contributed by atoms with van der Waals surface area (Å²) in [6.07, 6.45) is 1.79. The number of aryl methyl sites for hydroxylation is 2. The van der Waals surface area contributed by atoms with Crippen LogP contribution in [0.25, 0.3) is 22.0 Å². The number of carbonyl (C=O) groups excluding carboxylic acids is 1. The monoisotopic (exact) mass is 432 g/mol. The molecule has 2 aromatic heterocycles. The van der Waals surface area contributed by atoms with E-state index in [1.807, 2.05) is 13.0 Å². The Labute approximate surface area is 178 Å². The molecule has 3 rings (SSSR count). The molecule has 0 aliphatic carbocycles. The number of fused-ring (bicyclic) bond motifs is 1. The van der Waals surface area contributed by atoms with Crippen LogP contribution >= 0.6 is 11.6 Å². The highest BCUT2D eigenvalue weighted by Crippen LogP contribution is 2.32. The lowest BCUT2D eigenvalue weighted by atomic mass is 9.97. The topological polar surface area (TPSA) is 66.9 Å². The Bertz CT molecular complexity index is 1110. The van der Waals surface area contributed by atoms with Crippen LogP contribution in [0.15, 0.2) is 30.5 Å². The van der Waals surface area contributed by atoms with Crippen molar-refractivity contribution in [3.8, 4) is 11.1 Å². The van der Waals surface area contributed by atoms with Gasteiger partial charge in [-0.1, -0.05) is 11.6 Å². The average Bonchev–Trinajstić information content (AvgIpc) is 2.62. The number of nitrogens with one attached hydrogen (secondary N) is 2. The fourth-order valence-corrected chi connectivity index (χ4v) is 3.26. The van der Waals surface area contributed by atoms with Crippen LogP contribution in [0.3, 0.4) is 0 Å². The van der Waals surface area contributed by atoms with Crippen molar-refractivity contribution >= 4 is 34.2 Å². The predicted octanol–water partition coefficient (Wildman–Crippen LogP) is 5.97. The normalized spacial score (nSPS) is 11.6. The molecular formula is C22H23ClF2N4O. The number of hydrogen-bond acceptors (Lipinski definition) is 3. The van der Waals surface area contributed by atoms with Gasteiger partial charge < -0.3 is 10.6 Å². The van der Waals surface area contributed by atoms with Crippen molar-refractivity contribution in [1.29, 1.82) is 0 Å². The number of amides is 2. The molecule has 0 spiro atoms. The van der Waals surface area contributed by atoms with Crippen molar-refractivity contribution in [1.82, 2.24) is 15.3 Å². The SMILES string of the molecule is Cc1cc(F)c(NC(=O)NCCC(C)(C)F)cc1-c1cc2cnc(Cl)cc2nc1C. The van der Waals surface area contributed by atoms with Crippen molar-refractivity contribution < 1.29 is 13.6 Å². The summed E-state index contributed by atoms with van der Waals surface area (Å²) in [5, 5.41) is 6.19. The van der Waals surface area contributed by atoms with Crippen LogP contribution in [0.2, 0.25) is 5.15 Å². The highest BCUT2D eigenvalue weighted by atomic mass is 35.5. The van der Waals surface area contributed by atoms with E-state index in [0.717, 1.165) is 22.2 Å². The van der Waals surface area contributed by atoms with Gasteiger partial charge in [0, 0.05) is 35.5 Å². The maximum atomic E-state index is 14.5. The molecule has 0 atom stereocenters. The Morgan fingerprint density at radius 1 is 1.17 bits per heavy atom. The average molecular weight is 433 g/mol. The van der Waals surface area contributed by atoms with Crippen LogP contribution < -0.4 is 10.6 Å². The molecule has 0 saturated heterocycles. The smallest absolute Gasteiger partial charge is 0.319 e. The fourth-order valence-electron chi connectivity index (χ4n) is 3.11. The van der Waals surface area contributed by atoms with E-state index >= 15 is 0 Å². The van der Waals surface area contributed by atoms with E-state index in [1.165, 1.54) is 19.9 Å². The Morgan fingerprint density at radius 2 is 1.90 bits per heavy atom. The molecular weight excluding hydrogens is 410 g/mol. The first-order valence-electron chi connectivity index (χ1n) is 9.51. The molecule has 0 bridgehead atoms. The number of aromatic nitrogens is 2. The number of carbonyl (C=O) groups is 1. The highest BCUT2D eigenvalue weighted by molar-refractivity contribution is 6.30. The van der Waals surface area contributed by atoms with Gasteiger partial charge in [-0.25, -0.2) is 18.6 Å². The van der Waals surface area contributed by atoms with Gasteiger partial charge in [0.1, 0.15) is 16.6 Å². The van der Waals surface area contributed by atoms with E-state index in [-0.39, 0.29) is 18.7 Å². The quantitative estimate of drug-likeness (QED) is 0.488. The second kappa shape index (κ2) is 8.52. The van der Waals surface area contributed by atoms with Crippen molar-refractivity contribution in [2.75, 3.05) is 11.9 Å². The van der Waals surface area contributed by atoms with Gasteiger partial charge in [0.2, 0.25) is 0 Å². The first-order valence-corrected chi connectivity index (χ1v) is 9.88. The molecule has 0 unspecified atom stereocenters. The lowest BCUT2D eigenvalue weighted by molar-refractivity contribution is 0.200. The van der Waals surface area contributed by atoms with Gasteiger partial charge in [-0.3, -0.25) is 4.98 Å². The van der Waals surface area contributed by atoms with Gasteiger partial charge in [0.15, 0.2) is 0 Å². The lowest BCUT2D eigenvalue weighted by Gasteiger charge is -2.16. The molecule has 2 N–H and O–H groups in total. The molecule has 0 aliphatic rings. The van der Waals surface area contributed by atoms with Crippen LogP contribution in [-0.4, -0.2) is 28.2 Å². The van der Waals surface area contributed by atoms with Crippen LogP contribution in [0.1, 0.15) is 31.5 Å². The molecule has 158 valence electrons.